The van der Waals surface area contributed by atoms with Crippen molar-refractivity contribution in [3.8, 4) is 0 Å². The van der Waals surface area contributed by atoms with E-state index in [0.29, 0.717) is 0 Å². The van der Waals surface area contributed by atoms with Gasteiger partial charge in [0.05, 0.1) is 12.1 Å². The predicted molar refractivity (Wildman–Crippen MR) is 134 cm³/mol. The Morgan fingerprint density at radius 3 is 1.53 bits per heavy atom. The molecule has 168 valence electrons. The van der Waals surface area contributed by atoms with Gasteiger partial charge in [-0.3, -0.25) is 0 Å². The van der Waals surface area contributed by atoms with Gasteiger partial charge in [-0.15, -0.1) is 0 Å². The molecule has 5 heteroatoms. The molecule has 3 aromatic rings. The van der Waals surface area contributed by atoms with Crippen LogP contribution in [0.3, 0.4) is 0 Å². The highest BCUT2D eigenvalue weighted by Gasteiger charge is 2.47. The van der Waals surface area contributed by atoms with Crippen molar-refractivity contribution in [2.75, 3.05) is 28.2 Å². The first kappa shape index (κ1) is 23.1. The van der Waals surface area contributed by atoms with E-state index in [9.17, 15) is 0 Å². The van der Waals surface area contributed by atoms with Crippen molar-refractivity contribution in [3.63, 3.8) is 0 Å². The lowest BCUT2D eigenvalue weighted by Crippen LogP contribution is -2.33. The molecule has 1 saturated heterocycles. The zero-order valence-electron chi connectivity index (χ0n) is 19.7. The highest BCUT2D eigenvalue weighted by atomic mass is 31.2. The lowest BCUT2D eigenvalue weighted by molar-refractivity contribution is 0.108. The largest absolute Gasteiger partial charge is 0.321 e. The molecule has 0 amide bonds. The van der Waals surface area contributed by atoms with E-state index in [1.54, 1.807) is 0 Å². The Morgan fingerprint density at radius 1 is 0.719 bits per heavy atom. The van der Waals surface area contributed by atoms with E-state index >= 15 is 0 Å². The zero-order chi connectivity index (χ0) is 22.7. The Bertz CT molecular complexity index is 918. The minimum Gasteiger partial charge on any atom is -0.321 e. The number of nitrogens with zero attached hydrogens (tertiary/aromatic N) is 3. The maximum Gasteiger partial charge on any atom is 0.189 e. The number of rotatable bonds is 7. The van der Waals surface area contributed by atoms with E-state index in [0.717, 1.165) is 0 Å². The molecule has 0 unspecified atom stereocenters. The molecule has 32 heavy (non-hydrogen) atoms. The van der Waals surface area contributed by atoms with E-state index in [4.69, 9.17) is 4.52 Å². The summed E-state index contributed by atoms with van der Waals surface area (Å²) < 4.78 is 11.9. The van der Waals surface area contributed by atoms with Crippen LogP contribution in [0.4, 0.5) is 0 Å². The monoisotopic (exact) mass is 447 g/mol. The van der Waals surface area contributed by atoms with E-state index in [1.165, 1.54) is 16.7 Å². The SMILES string of the molecule is C[C@H]([C@@H](OP1N(C)[C@H](c2ccccc2)[C@@H](c2ccccc2)N1C)c1ccccc1)N(C)C. The Morgan fingerprint density at radius 2 is 1.12 bits per heavy atom. The number of hydrogen-bond acceptors (Lipinski definition) is 4. The van der Waals surface area contributed by atoms with Gasteiger partial charge in [0.1, 0.15) is 6.10 Å². The van der Waals surface area contributed by atoms with Crippen molar-refractivity contribution in [3.05, 3.63) is 108 Å². The summed E-state index contributed by atoms with van der Waals surface area (Å²) in [4.78, 5) is 2.24. The molecule has 1 aliphatic rings. The van der Waals surface area contributed by atoms with E-state index in [1.807, 2.05) is 0 Å². The van der Waals surface area contributed by atoms with Gasteiger partial charge in [0.25, 0.3) is 0 Å². The van der Waals surface area contributed by atoms with Crippen molar-refractivity contribution < 1.29 is 4.52 Å². The maximum atomic E-state index is 7.02. The van der Waals surface area contributed by atoms with Gasteiger partial charge in [-0.05, 0) is 51.8 Å². The molecular formula is C27H34N3OP. The zero-order valence-corrected chi connectivity index (χ0v) is 20.6. The summed E-state index contributed by atoms with van der Waals surface area (Å²) in [6, 6.07) is 33.0. The summed E-state index contributed by atoms with van der Waals surface area (Å²) in [5, 5.41) is 0. The van der Waals surface area contributed by atoms with Crippen molar-refractivity contribution >= 4 is 8.45 Å². The van der Waals surface area contributed by atoms with Crippen LogP contribution in [0.2, 0.25) is 0 Å². The first-order chi connectivity index (χ1) is 15.5. The third kappa shape index (κ3) is 4.66. The van der Waals surface area contributed by atoms with Gasteiger partial charge in [-0.1, -0.05) is 91.0 Å². The first-order valence-corrected chi connectivity index (χ1v) is 12.4. The first-order valence-electron chi connectivity index (χ1n) is 11.2. The highest BCUT2D eigenvalue weighted by Crippen LogP contribution is 2.64. The predicted octanol–water partition coefficient (Wildman–Crippen LogP) is 6.28. The van der Waals surface area contributed by atoms with Crippen molar-refractivity contribution in [1.29, 1.82) is 0 Å². The number of benzene rings is 3. The Balaban J connectivity index is 1.72. The molecule has 3 aromatic carbocycles. The normalized spacial score (nSPS) is 22.3. The molecule has 0 aromatic heterocycles. The third-order valence-electron chi connectivity index (χ3n) is 6.51. The average molecular weight is 448 g/mol. The van der Waals surface area contributed by atoms with Crippen molar-refractivity contribution in [2.24, 2.45) is 0 Å². The number of hydrogen-bond donors (Lipinski definition) is 0. The van der Waals surface area contributed by atoms with Crippen molar-refractivity contribution in [2.45, 2.75) is 31.2 Å². The second kappa shape index (κ2) is 10.2. The molecule has 0 saturated carbocycles. The second-order valence-corrected chi connectivity index (χ2v) is 10.7. The summed E-state index contributed by atoms with van der Waals surface area (Å²) >= 11 is 0. The van der Waals surface area contributed by atoms with Gasteiger partial charge in [0.2, 0.25) is 0 Å². The third-order valence-corrected chi connectivity index (χ3v) is 8.51. The van der Waals surface area contributed by atoms with Gasteiger partial charge in [0, 0.05) is 6.04 Å². The summed E-state index contributed by atoms with van der Waals surface area (Å²) in [6.45, 7) is 2.24. The average Bonchev–Trinajstić information content (AvgIpc) is 3.08. The fraction of sp³-hybridized carbons (Fsp3) is 0.333. The molecule has 0 bridgehead atoms. The smallest absolute Gasteiger partial charge is 0.189 e. The Kier molecular flexibility index (Phi) is 7.40. The maximum absolute atomic E-state index is 7.02. The minimum atomic E-state index is -0.974. The van der Waals surface area contributed by atoms with E-state index in [2.05, 4.69) is 140 Å². The summed E-state index contributed by atoms with van der Waals surface area (Å²) in [5.74, 6) is 0. The van der Waals surface area contributed by atoms with E-state index in [-0.39, 0.29) is 24.2 Å². The molecule has 1 fully saturated rings. The van der Waals surface area contributed by atoms with Crippen LogP contribution in [0.1, 0.15) is 41.8 Å². The van der Waals surface area contributed by atoms with E-state index < -0.39 is 8.45 Å². The highest BCUT2D eigenvalue weighted by molar-refractivity contribution is 7.47. The molecule has 0 radical (unpaired) electrons. The molecule has 4 rings (SSSR count). The molecule has 1 heterocycles. The van der Waals surface area contributed by atoms with Crippen molar-refractivity contribution in [1.82, 2.24) is 14.2 Å². The molecule has 4 nitrogen and oxygen atoms in total. The fourth-order valence-corrected chi connectivity index (χ4v) is 6.72. The summed E-state index contributed by atoms with van der Waals surface area (Å²) in [5.41, 5.74) is 3.86. The van der Waals surface area contributed by atoms with Crippen LogP contribution in [0.15, 0.2) is 91.0 Å². The van der Waals surface area contributed by atoms with Gasteiger partial charge in [-0.25, -0.2) is 9.34 Å². The number of likely N-dealkylation sites (N-methyl/N-ethyl adjacent to an activating group) is 3. The van der Waals surface area contributed by atoms with Gasteiger partial charge < -0.3 is 9.42 Å². The lowest BCUT2D eigenvalue weighted by Gasteiger charge is -2.35. The van der Waals surface area contributed by atoms with Crippen LogP contribution in [0, 0.1) is 0 Å². The molecule has 1 aliphatic heterocycles. The molecule has 0 spiro atoms. The quantitative estimate of drug-likeness (QED) is 0.397. The molecule has 0 N–H and O–H groups in total. The second-order valence-electron chi connectivity index (χ2n) is 8.75. The van der Waals surface area contributed by atoms with Crippen LogP contribution in [-0.4, -0.2) is 48.5 Å². The summed E-state index contributed by atoms with van der Waals surface area (Å²) in [6.07, 6.45) is -0.0202. The van der Waals surface area contributed by atoms with Gasteiger partial charge >= 0.3 is 0 Å². The van der Waals surface area contributed by atoms with Crippen LogP contribution in [0.25, 0.3) is 0 Å². The topological polar surface area (TPSA) is 19.0 Å². The Labute approximate surface area is 194 Å². The molecular weight excluding hydrogens is 413 g/mol. The molecule has 0 aliphatic carbocycles. The van der Waals surface area contributed by atoms with Crippen LogP contribution in [-0.2, 0) is 4.52 Å². The minimum absolute atomic E-state index is 0.0202. The standard InChI is InChI=1S/C27H34N3OP/c1-21(28(2)3)27(24-19-13-8-14-20-24)31-32-29(4)25(22-15-9-6-10-16-22)26(30(32)5)23-17-11-7-12-18-23/h6-21,25-27H,1-5H3/t21-,25-,26-,27-/m1/s1. The van der Waals surface area contributed by atoms with Crippen LogP contribution < -0.4 is 0 Å². The Hall–Kier alpha value is -2.07. The van der Waals surface area contributed by atoms with Crippen LogP contribution in [0.5, 0.6) is 0 Å². The molecule has 4 atom stereocenters. The van der Waals surface area contributed by atoms with Gasteiger partial charge in [-0.2, -0.15) is 0 Å². The lowest BCUT2D eigenvalue weighted by atomic mass is 9.93. The fourth-order valence-electron chi connectivity index (χ4n) is 4.53. The van der Waals surface area contributed by atoms with Gasteiger partial charge in [0.15, 0.2) is 8.45 Å². The van der Waals surface area contributed by atoms with Crippen LogP contribution >= 0.6 is 8.45 Å². The summed E-state index contributed by atoms with van der Waals surface area (Å²) in [7, 11) is 7.70.